The summed E-state index contributed by atoms with van der Waals surface area (Å²) < 4.78 is 1.88. The normalized spacial score (nSPS) is 29.5. The van der Waals surface area contributed by atoms with Crippen LogP contribution in [-0.4, -0.2) is 14.8 Å². The molecule has 1 aromatic heterocycles. The molecule has 4 heteroatoms. The second kappa shape index (κ2) is 4.77. The molecule has 0 bridgehead atoms. The largest absolute Gasteiger partial charge is 0.319 e. The number of aromatic nitrogens is 3. The van der Waals surface area contributed by atoms with Gasteiger partial charge in [0.1, 0.15) is 5.82 Å². The molecule has 1 heterocycles. The lowest BCUT2D eigenvalue weighted by Crippen LogP contribution is -2.42. The van der Waals surface area contributed by atoms with Crippen molar-refractivity contribution in [3.8, 4) is 0 Å². The van der Waals surface area contributed by atoms with Gasteiger partial charge in [-0.05, 0) is 31.6 Å². The molecule has 2 N–H and O–H groups in total. The second-order valence-electron chi connectivity index (χ2n) is 5.34. The third kappa shape index (κ3) is 2.37. The van der Waals surface area contributed by atoms with Crippen LogP contribution in [0.4, 0.5) is 0 Å². The predicted molar refractivity (Wildman–Crippen MR) is 68.5 cm³/mol. The fourth-order valence-corrected chi connectivity index (χ4v) is 2.85. The molecule has 0 aromatic carbocycles. The van der Waals surface area contributed by atoms with E-state index in [4.69, 9.17) is 5.73 Å². The number of hydrogen-bond acceptors (Lipinski definition) is 3. The highest BCUT2D eigenvalue weighted by Gasteiger charge is 2.36. The second-order valence-corrected chi connectivity index (χ2v) is 5.34. The van der Waals surface area contributed by atoms with Gasteiger partial charge in [-0.3, -0.25) is 4.68 Å². The Kier molecular flexibility index (Phi) is 3.52. The van der Waals surface area contributed by atoms with Gasteiger partial charge in [0, 0.05) is 13.5 Å². The molecule has 0 atom stereocenters. The minimum atomic E-state index is -0.249. The van der Waals surface area contributed by atoms with Crippen molar-refractivity contribution in [1.29, 1.82) is 0 Å². The lowest BCUT2D eigenvalue weighted by atomic mass is 9.76. The van der Waals surface area contributed by atoms with Crippen LogP contribution in [0.5, 0.6) is 0 Å². The molecule has 0 radical (unpaired) electrons. The zero-order chi connectivity index (χ0) is 12.5. The highest BCUT2D eigenvalue weighted by atomic mass is 15.3. The van der Waals surface area contributed by atoms with Crippen molar-refractivity contribution in [2.24, 2.45) is 18.7 Å². The van der Waals surface area contributed by atoms with Gasteiger partial charge in [0.25, 0.3) is 0 Å². The Morgan fingerprint density at radius 3 is 2.47 bits per heavy atom. The fourth-order valence-electron chi connectivity index (χ4n) is 2.85. The first-order valence-electron chi connectivity index (χ1n) is 6.78. The summed E-state index contributed by atoms with van der Waals surface area (Å²) in [5, 5.41) is 4.41. The van der Waals surface area contributed by atoms with Crippen LogP contribution in [0.25, 0.3) is 0 Å². The SMILES string of the molecule is CCc1nc(C2(N)CCC(CC)CC2)n(C)n1. The van der Waals surface area contributed by atoms with Crippen molar-refractivity contribution in [3.05, 3.63) is 11.6 Å². The maximum absolute atomic E-state index is 6.54. The highest BCUT2D eigenvalue weighted by molar-refractivity contribution is 5.09. The first-order valence-corrected chi connectivity index (χ1v) is 6.78. The van der Waals surface area contributed by atoms with Crippen LogP contribution < -0.4 is 5.73 Å². The zero-order valence-electron chi connectivity index (χ0n) is 11.2. The number of hydrogen-bond donors (Lipinski definition) is 1. The molecule has 1 aliphatic rings. The van der Waals surface area contributed by atoms with Gasteiger partial charge in [0.05, 0.1) is 5.54 Å². The van der Waals surface area contributed by atoms with E-state index in [-0.39, 0.29) is 5.54 Å². The topological polar surface area (TPSA) is 56.7 Å². The Morgan fingerprint density at radius 1 is 1.35 bits per heavy atom. The summed E-state index contributed by atoms with van der Waals surface area (Å²) in [6.07, 6.45) is 6.68. The van der Waals surface area contributed by atoms with E-state index in [2.05, 4.69) is 23.9 Å². The third-order valence-electron chi connectivity index (χ3n) is 4.14. The Bertz CT molecular complexity index is 375. The standard InChI is InChI=1S/C13H24N4/c1-4-10-6-8-13(14,9-7-10)12-15-11(5-2)16-17(12)3/h10H,4-9,14H2,1-3H3. The van der Waals surface area contributed by atoms with Crippen LogP contribution in [0.2, 0.25) is 0 Å². The van der Waals surface area contributed by atoms with E-state index in [9.17, 15) is 0 Å². The van der Waals surface area contributed by atoms with Crippen molar-refractivity contribution in [3.63, 3.8) is 0 Å². The van der Waals surface area contributed by atoms with Gasteiger partial charge >= 0.3 is 0 Å². The first-order chi connectivity index (χ1) is 8.09. The molecule has 0 saturated heterocycles. The Morgan fingerprint density at radius 2 is 2.00 bits per heavy atom. The van der Waals surface area contributed by atoms with Gasteiger partial charge in [-0.15, -0.1) is 0 Å². The smallest absolute Gasteiger partial charge is 0.150 e. The quantitative estimate of drug-likeness (QED) is 0.874. The summed E-state index contributed by atoms with van der Waals surface area (Å²) in [7, 11) is 1.96. The van der Waals surface area contributed by atoms with Crippen molar-refractivity contribution in [1.82, 2.24) is 14.8 Å². The summed E-state index contributed by atoms with van der Waals surface area (Å²) in [6, 6.07) is 0. The molecule has 96 valence electrons. The minimum absolute atomic E-state index is 0.249. The van der Waals surface area contributed by atoms with Crippen LogP contribution in [-0.2, 0) is 19.0 Å². The minimum Gasteiger partial charge on any atom is -0.319 e. The Hall–Kier alpha value is -0.900. The molecule has 0 amide bonds. The van der Waals surface area contributed by atoms with E-state index in [0.29, 0.717) is 0 Å². The number of rotatable bonds is 3. The predicted octanol–water partition coefficient (Wildman–Crippen LogP) is 2.13. The lowest BCUT2D eigenvalue weighted by Gasteiger charge is -2.35. The maximum Gasteiger partial charge on any atom is 0.150 e. The molecular formula is C13H24N4. The number of nitrogens with two attached hydrogens (primary N) is 1. The molecule has 0 aliphatic heterocycles. The summed E-state index contributed by atoms with van der Waals surface area (Å²) in [5.41, 5.74) is 6.29. The third-order valence-corrected chi connectivity index (χ3v) is 4.14. The molecule has 0 unspecified atom stereocenters. The highest BCUT2D eigenvalue weighted by Crippen LogP contribution is 2.37. The van der Waals surface area contributed by atoms with Crippen LogP contribution >= 0.6 is 0 Å². The molecule has 17 heavy (non-hydrogen) atoms. The molecule has 0 spiro atoms. The van der Waals surface area contributed by atoms with E-state index in [1.807, 2.05) is 11.7 Å². The van der Waals surface area contributed by atoms with Crippen molar-refractivity contribution in [2.75, 3.05) is 0 Å². The van der Waals surface area contributed by atoms with E-state index in [1.165, 1.54) is 19.3 Å². The van der Waals surface area contributed by atoms with Gasteiger partial charge in [-0.1, -0.05) is 20.3 Å². The molecule has 1 saturated carbocycles. The number of nitrogens with zero attached hydrogens (tertiary/aromatic N) is 3. The van der Waals surface area contributed by atoms with Crippen LogP contribution in [0.3, 0.4) is 0 Å². The van der Waals surface area contributed by atoms with E-state index < -0.39 is 0 Å². The van der Waals surface area contributed by atoms with Gasteiger partial charge in [0.2, 0.25) is 0 Å². The van der Waals surface area contributed by atoms with E-state index in [1.54, 1.807) is 0 Å². The Balaban J connectivity index is 2.18. The average molecular weight is 236 g/mol. The zero-order valence-corrected chi connectivity index (χ0v) is 11.2. The maximum atomic E-state index is 6.54. The van der Waals surface area contributed by atoms with Gasteiger partial charge in [0.15, 0.2) is 5.82 Å². The molecule has 2 rings (SSSR count). The van der Waals surface area contributed by atoms with Crippen molar-refractivity contribution < 1.29 is 0 Å². The monoisotopic (exact) mass is 236 g/mol. The van der Waals surface area contributed by atoms with Gasteiger partial charge in [-0.25, -0.2) is 4.98 Å². The molecule has 4 nitrogen and oxygen atoms in total. The van der Waals surface area contributed by atoms with Gasteiger partial charge in [-0.2, -0.15) is 5.10 Å². The molecular weight excluding hydrogens is 212 g/mol. The lowest BCUT2D eigenvalue weighted by molar-refractivity contribution is 0.217. The molecule has 1 aliphatic carbocycles. The first kappa shape index (κ1) is 12.6. The summed E-state index contributed by atoms with van der Waals surface area (Å²) in [6.45, 7) is 4.35. The average Bonchev–Trinajstić information content (AvgIpc) is 2.72. The van der Waals surface area contributed by atoms with Crippen molar-refractivity contribution >= 4 is 0 Å². The van der Waals surface area contributed by atoms with Crippen LogP contribution in [0, 0.1) is 5.92 Å². The fraction of sp³-hybridized carbons (Fsp3) is 0.846. The van der Waals surface area contributed by atoms with Gasteiger partial charge < -0.3 is 5.73 Å². The summed E-state index contributed by atoms with van der Waals surface area (Å²) >= 11 is 0. The van der Waals surface area contributed by atoms with Crippen molar-refractivity contribution in [2.45, 2.75) is 57.9 Å². The summed E-state index contributed by atoms with van der Waals surface area (Å²) in [5.74, 6) is 2.74. The Labute approximate surface area is 104 Å². The van der Waals surface area contributed by atoms with E-state index >= 15 is 0 Å². The summed E-state index contributed by atoms with van der Waals surface area (Å²) in [4.78, 5) is 4.60. The van der Waals surface area contributed by atoms with E-state index in [0.717, 1.165) is 36.8 Å². The molecule has 1 fully saturated rings. The van der Waals surface area contributed by atoms with Crippen LogP contribution in [0.1, 0.15) is 57.6 Å². The number of aryl methyl sites for hydroxylation is 2. The molecule has 1 aromatic rings. The van der Waals surface area contributed by atoms with Crippen LogP contribution in [0.15, 0.2) is 0 Å².